The van der Waals surface area contributed by atoms with Crippen LogP contribution in [-0.2, 0) is 0 Å². The van der Waals surface area contributed by atoms with Crippen LogP contribution in [0.1, 0.15) is 19.3 Å². The Labute approximate surface area is 141 Å². The van der Waals surface area contributed by atoms with Gasteiger partial charge in [0.2, 0.25) is 5.95 Å². The second-order valence-corrected chi connectivity index (χ2v) is 6.47. The molecule has 0 spiro atoms. The number of aromatic nitrogens is 3. The fourth-order valence-corrected chi connectivity index (χ4v) is 2.83. The minimum Gasteiger partial charge on any atom is -0.378 e. The number of fused-ring (bicyclic) bond motifs is 1. The molecule has 1 fully saturated rings. The van der Waals surface area contributed by atoms with Crippen molar-refractivity contribution in [3.63, 3.8) is 0 Å². The number of benzene rings is 1. The number of rotatable bonds is 5. The van der Waals surface area contributed by atoms with Gasteiger partial charge in [0.05, 0.1) is 5.39 Å². The molecule has 6 heteroatoms. The van der Waals surface area contributed by atoms with Gasteiger partial charge in [-0.15, -0.1) is 0 Å². The first-order valence-corrected chi connectivity index (χ1v) is 8.35. The zero-order valence-electron chi connectivity index (χ0n) is 14.0. The first-order chi connectivity index (χ1) is 11.7. The zero-order chi connectivity index (χ0) is 16.5. The quantitative estimate of drug-likeness (QED) is 0.668. The van der Waals surface area contributed by atoms with E-state index in [1.54, 1.807) is 0 Å². The number of hydrogen-bond donors (Lipinski definition) is 3. The van der Waals surface area contributed by atoms with Crippen LogP contribution in [0.4, 0.5) is 23.1 Å². The van der Waals surface area contributed by atoms with Crippen molar-refractivity contribution in [3.8, 4) is 0 Å². The van der Waals surface area contributed by atoms with Crippen LogP contribution in [0.15, 0.2) is 36.5 Å². The van der Waals surface area contributed by atoms with E-state index >= 15 is 0 Å². The molecule has 1 aliphatic carbocycles. The molecule has 0 saturated heterocycles. The summed E-state index contributed by atoms with van der Waals surface area (Å²) in [7, 11) is 4.06. The monoisotopic (exact) mass is 322 g/mol. The van der Waals surface area contributed by atoms with Crippen LogP contribution in [0.3, 0.4) is 0 Å². The maximum absolute atomic E-state index is 4.68. The van der Waals surface area contributed by atoms with Crippen LogP contribution in [0.25, 0.3) is 11.0 Å². The van der Waals surface area contributed by atoms with Gasteiger partial charge >= 0.3 is 0 Å². The highest BCUT2D eigenvalue weighted by Crippen LogP contribution is 2.28. The third kappa shape index (κ3) is 2.87. The predicted molar refractivity (Wildman–Crippen MR) is 99.2 cm³/mol. The standard InChI is InChI=1S/C18H22N6/c1-24(2)14-8-6-13(7-9-14)21-18-22-16-15(10-11-19-16)17(23-18)20-12-4-3-5-12/h6-12H,3-5H2,1-2H3,(H3,19,20,21,22,23). The van der Waals surface area contributed by atoms with E-state index in [1.165, 1.54) is 19.3 Å². The number of hydrogen-bond acceptors (Lipinski definition) is 5. The molecule has 0 atom stereocenters. The maximum atomic E-state index is 4.68. The molecule has 0 radical (unpaired) electrons. The summed E-state index contributed by atoms with van der Waals surface area (Å²) in [4.78, 5) is 14.5. The van der Waals surface area contributed by atoms with Gasteiger partial charge in [-0.05, 0) is 49.6 Å². The topological polar surface area (TPSA) is 68.9 Å². The molecule has 2 heterocycles. The van der Waals surface area contributed by atoms with Crippen molar-refractivity contribution in [1.82, 2.24) is 15.0 Å². The fourth-order valence-electron chi connectivity index (χ4n) is 2.83. The number of anilines is 4. The minimum absolute atomic E-state index is 0.533. The Hall–Kier alpha value is -2.76. The van der Waals surface area contributed by atoms with E-state index in [4.69, 9.17) is 0 Å². The summed E-state index contributed by atoms with van der Waals surface area (Å²) in [6, 6.07) is 10.8. The maximum Gasteiger partial charge on any atom is 0.231 e. The molecule has 4 rings (SSSR count). The van der Waals surface area contributed by atoms with Crippen LogP contribution in [0.5, 0.6) is 0 Å². The van der Waals surface area contributed by atoms with Crippen molar-refractivity contribution in [2.24, 2.45) is 0 Å². The molecule has 1 aliphatic rings. The lowest BCUT2D eigenvalue weighted by Gasteiger charge is -2.27. The summed E-state index contributed by atoms with van der Waals surface area (Å²) in [5.41, 5.74) is 2.98. The van der Waals surface area contributed by atoms with Gasteiger partial charge in [0.1, 0.15) is 11.5 Å². The van der Waals surface area contributed by atoms with E-state index in [9.17, 15) is 0 Å². The smallest absolute Gasteiger partial charge is 0.231 e. The van der Waals surface area contributed by atoms with Crippen LogP contribution >= 0.6 is 0 Å². The van der Waals surface area contributed by atoms with Gasteiger partial charge in [-0.3, -0.25) is 0 Å². The molecule has 0 bridgehead atoms. The van der Waals surface area contributed by atoms with Gasteiger partial charge in [0, 0.05) is 37.7 Å². The van der Waals surface area contributed by atoms with E-state index in [1.807, 2.05) is 38.5 Å². The zero-order valence-corrected chi connectivity index (χ0v) is 14.0. The highest BCUT2D eigenvalue weighted by atomic mass is 15.2. The van der Waals surface area contributed by atoms with Crippen molar-refractivity contribution in [1.29, 1.82) is 0 Å². The Balaban J connectivity index is 1.61. The van der Waals surface area contributed by atoms with Gasteiger partial charge < -0.3 is 20.5 Å². The molecule has 0 unspecified atom stereocenters. The van der Waals surface area contributed by atoms with Gasteiger partial charge in [-0.2, -0.15) is 9.97 Å². The predicted octanol–water partition coefficient (Wildman–Crippen LogP) is 3.73. The first-order valence-electron chi connectivity index (χ1n) is 8.35. The van der Waals surface area contributed by atoms with E-state index in [2.05, 4.69) is 42.6 Å². The Morgan fingerprint density at radius 1 is 1.08 bits per heavy atom. The van der Waals surface area contributed by atoms with Crippen molar-refractivity contribution in [3.05, 3.63) is 36.5 Å². The average Bonchev–Trinajstić information content (AvgIpc) is 3.00. The Morgan fingerprint density at radius 2 is 1.88 bits per heavy atom. The third-order valence-corrected chi connectivity index (χ3v) is 4.50. The summed E-state index contributed by atoms with van der Waals surface area (Å²) in [5, 5.41) is 7.88. The van der Waals surface area contributed by atoms with E-state index in [-0.39, 0.29) is 0 Å². The molecule has 124 valence electrons. The second kappa shape index (κ2) is 6.03. The number of nitrogens with one attached hydrogen (secondary N) is 3. The molecule has 3 N–H and O–H groups in total. The summed E-state index contributed by atoms with van der Waals surface area (Å²) in [6.07, 6.45) is 5.62. The Morgan fingerprint density at radius 3 is 2.54 bits per heavy atom. The highest BCUT2D eigenvalue weighted by molar-refractivity contribution is 5.88. The van der Waals surface area contributed by atoms with Gasteiger partial charge in [-0.1, -0.05) is 0 Å². The number of nitrogens with zero attached hydrogens (tertiary/aromatic N) is 3. The van der Waals surface area contributed by atoms with Crippen LogP contribution in [0.2, 0.25) is 0 Å². The van der Waals surface area contributed by atoms with Crippen molar-refractivity contribution >= 4 is 34.2 Å². The molecular weight excluding hydrogens is 300 g/mol. The summed E-state index contributed by atoms with van der Waals surface area (Å²) >= 11 is 0. The molecule has 1 aromatic carbocycles. The molecule has 3 aromatic rings. The lowest BCUT2D eigenvalue weighted by Crippen LogP contribution is -2.27. The van der Waals surface area contributed by atoms with Crippen molar-refractivity contribution < 1.29 is 0 Å². The number of H-pyrrole nitrogens is 1. The molecule has 24 heavy (non-hydrogen) atoms. The third-order valence-electron chi connectivity index (χ3n) is 4.50. The lowest BCUT2D eigenvalue weighted by molar-refractivity contribution is 0.445. The molecule has 0 amide bonds. The van der Waals surface area contributed by atoms with E-state index in [0.717, 1.165) is 28.2 Å². The Bertz CT molecular complexity index is 832. The molecule has 0 aliphatic heterocycles. The largest absolute Gasteiger partial charge is 0.378 e. The summed E-state index contributed by atoms with van der Waals surface area (Å²) < 4.78 is 0. The normalized spacial score (nSPS) is 14.4. The highest BCUT2D eigenvalue weighted by Gasteiger charge is 2.19. The minimum atomic E-state index is 0.533. The summed E-state index contributed by atoms with van der Waals surface area (Å²) in [5.74, 6) is 1.50. The molecule has 1 saturated carbocycles. The fraction of sp³-hybridized carbons (Fsp3) is 0.333. The van der Waals surface area contributed by atoms with Gasteiger partial charge in [0.15, 0.2) is 0 Å². The van der Waals surface area contributed by atoms with Crippen molar-refractivity contribution in [2.75, 3.05) is 29.6 Å². The van der Waals surface area contributed by atoms with Crippen LogP contribution < -0.4 is 15.5 Å². The van der Waals surface area contributed by atoms with Gasteiger partial charge in [0.25, 0.3) is 0 Å². The summed E-state index contributed by atoms with van der Waals surface area (Å²) in [6.45, 7) is 0. The van der Waals surface area contributed by atoms with E-state index in [0.29, 0.717) is 12.0 Å². The average molecular weight is 322 g/mol. The molecule has 6 nitrogen and oxygen atoms in total. The second-order valence-electron chi connectivity index (χ2n) is 6.47. The van der Waals surface area contributed by atoms with Crippen molar-refractivity contribution in [2.45, 2.75) is 25.3 Å². The lowest BCUT2D eigenvalue weighted by atomic mass is 9.93. The first kappa shape index (κ1) is 14.8. The van der Waals surface area contributed by atoms with Gasteiger partial charge in [-0.25, -0.2) is 0 Å². The number of aromatic amines is 1. The Kier molecular flexibility index (Phi) is 3.72. The molecule has 2 aromatic heterocycles. The SMILES string of the molecule is CN(C)c1ccc(Nc2nc(NC3CCC3)c3cc[nH]c3n2)cc1. The van der Waals surface area contributed by atoms with E-state index < -0.39 is 0 Å². The van der Waals surface area contributed by atoms with Crippen LogP contribution in [0, 0.1) is 0 Å². The van der Waals surface area contributed by atoms with Crippen LogP contribution in [-0.4, -0.2) is 35.1 Å². The molecular formula is C18H22N6.